The minimum Gasteiger partial charge on any atom is -0.475 e. The van der Waals surface area contributed by atoms with Crippen LogP contribution in [0.2, 0.25) is 0 Å². The molecule has 2 bridgehead atoms. The Bertz CT molecular complexity index is 1930. The topological polar surface area (TPSA) is 75.6 Å². The average Bonchev–Trinajstić information content (AvgIpc) is 3.68. The van der Waals surface area contributed by atoms with Crippen LogP contribution in [-0.2, 0) is 0 Å². The maximum atomic E-state index is 16.9. The molecular formula is C34H31F3N6O2. The number of halogens is 3. The Balaban J connectivity index is 1.24. The van der Waals surface area contributed by atoms with Crippen LogP contribution in [0.1, 0.15) is 37.7 Å². The molecule has 45 heavy (non-hydrogen) atoms. The number of terminal acetylenes is 1. The highest BCUT2D eigenvalue weighted by atomic mass is 19.1. The van der Waals surface area contributed by atoms with Gasteiger partial charge in [0.05, 0.1) is 17.1 Å². The molecule has 5 aliphatic rings. The number of fused-ring (bicyclic) bond motifs is 7. The molecule has 9 rings (SSSR count). The predicted molar refractivity (Wildman–Crippen MR) is 163 cm³/mol. The van der Waals surface area contributed by atoms with Gasteiger partial charge in [0.1, 0.15) is 47.6 Å². The van der Waals surface area contributed by atoms with Gasteiger partial charge in [-0.25, -0.2) is 18.2 Å². The molecule has 230 valence electrons. The van der Waals surface area contributed by atoms with Gasteiger partial charge in [-0.2, -0.15) is 9.97 Å². The van der Waals surface area contributed by atoms with Crippen LogP contribution < -0.4 is 19.7 Å². The van der Waals surface area contributed by atoms with Gasteiger partial charge in [0, 0.05) is 42.5 Å². The second kappa shape index (κ2) is 9.93. The van der Waals surface area contributed by atoms with Crippen molar-refractivity contribution < 1.29 is 22.6 Å². The van der Waals surface area contributed by atoms with E-state index in [0.717, 1.165) is 32.2 Å². The Morgan fingerprint density at radius 1 is 1.11 bits per heavy atom. The molecular weight excluding hydrogens is 581 g/mol. The number of piperazine rings is 1. The smallest absolute Gasteiger partial charge is 0.319 e. The van der Waals surface area contributed by atoms with Crippen molar-refractivity contribution in [2.75, 3.05) is 37.7 Å². The zero-order valence-electron chi connectivity index (χ0n) is 24.5. The van der Waals surface area contributed by atoms with Gasteiger partial charge in [-0.1, -0.05) is 30.2 Å². The standard InChI is InChI=1S/C34H31F3N6O2/c1-2-21-23(36)9-7-18-5-3-6-22(26(18)21)29-28(37)30-27-31(43-15-20-8-10-24(38-20)25(43)16-44-32(27)39-29)41-33(40-30)45-17-34-11-4-12-42(34)14-19(35)13-34/h1,3,5-7,9,19-20,24-25,38H,4,8,10-17H2/t19-,20+,24-,25?,34+/m1/s1. The highest BCUT2D eigenvalue weighted by molar-refractivity contribution is 6.03. The van der Waals surface area contributed by atoms with E-state index >= 15 is 4.39 Å². The summed E-state index contributed by atoms with van der Waals surface area (Å²) in [5.74, 6) is 1.89. The highest BCUT2D eigenvalue weighted by Crippen LogP contribution is 2.45. The van der Waals surface area contributed by atoms with E-state index in [1.807, 2.05) is 0 Å². The van der Waals surface area contributed by atoms with Crippen molar-refractivity contribution in [2.24, 2.45) is 0 Å². The lowest BCUT2D eigenvalue weighted by molar-refractivity contribution is 0.107. The summed E-state index contributed by atoms with van der Waals surface area (Å²) in [6, 6.07) is 8.59. The van der Waals surface area contributed by atoms with Crippen molar-refractivity contribution >= 4 is 27.5 Å². The third-order valence-electron chi connectivity index (χ3n) is 10.6. The molecule has 0 saturated carbocycles. The number of hydrogen-bond acceptors (Lipinski definition) is 8. The summed E-state index contributed by atoms with van der Waals surface area (Å²) in [5.41, 5.74) is -0.0854. The van der Waals surface area contributed by atoms with Crippen molar-refractivity contribution in [3.8, 4) is 35.5 Å². The van der Waals surface area contributed by atoms with Gasteiger partial charge in [0.2, 0.25) is 5.88 Å². The SMILES string of the molecule is C#Cc1c(F)ccc2cccc(-c3nc4c5c(nc(OC[C@@]67CCCN6C[C@H](F)C7)nc5c3F)N3C[C@@H]5CC[C@@H](N5)C3CO4)c12. The van der Waals surface area contributed by atoms with Crippen LogP contribution in [0.5, 0.6) is 11.9 Å². The number of hydrogen-bond donors (Lipinski definition) is 1. The summed E-state index contributed by atoms with van der Waals surface area (Å²) in [6.07, 6.45) is 9.06. The Labute approximate surface area is 257 Å². The zero-order valence-corrected chi connectivity index (χ0v) is 24.5. The van der Waals surface area contributed by atoms with E-state index in [1.54, 1.807) is 24.3 Å². The first-order valence-corrected chi connectivity index (χ1v) is 15.7. The minimum absolute atomic E-state index is 0.00719. The van der Waals surface area contributed by atoms with E-state index in [0.29, 0.717) is 53.7 Å². The zero-order chi connectivity index (χ0) is 30.4. The van der Waals surface area contributed by atoms with E-state index in [-0.39, 0.29) is 53.4 Å². The molecule has 2 aromatic carbocycles. The monoisotopic (exact) mass is 612 g/mol. The second-order valence-electron chi connectivity index (χ2n) is 13.0. The molecule has 4 fully saturated rings. The first-order chi connectivity index (χ1) is 21.9. The van der Waals surface area contributed by atoms with Crippen LogP contribution in [0, 0.1) is 24.0 Å². The van der Waals surface area contributed by atoms with Crippen LogP contribution in [-0.4, -0.2) is 82.5 Å². The van der Waals surface area contributed by atoms with E-state index in [1.165, 1.54) is 6.07 Å². The van der Waals surface area contributed by atoms with Gasteiger partial charge in [-0.3, -0.25) is 4.90 Å². The molecule has 1 unspecified atom stereocenters. The Kier molecular flexibility index (Phi) is 6.00. The number of nitrogens with one attached hydrogen (secondary N) is 1. The first kappa shape index (κ1) is 27.2. The molecule has 0 spiro atoms. The van der Waals surface area contributed by atoms with E-state index < -0.39 is 23.3 Å². The molecule has 8 nitrogen and oxygen atoms in total. The number of ether oxygens (including phenoxy) is 2. The van der Waals surface area contributed by atoms with Gasteiger partial charge in [-0.15, -0.1) is 6.42 Å². The van der Waals surface area contributed by atoms with Crippen molar-refractivity contribution in [2.45, 2.75) is 61.9 Å². The second-order valence-corrected chi connectivity index (χ2v) is 13.0. The molecule has 2 aromatic heterocycles. The number of benzene rings is 2. The quantitative estimate of drug-likeness (QED) is 0.331. The number of pyridine rings is 1. The molecule has 4 aromatic rings. The van der Waals surface area contributed by atoms with Gasteiger partial charge in [-0.05, 0) is 43.7 Å². The van der Waals surface area contributed by atoms with E-state index in [9.17, 15) is 8.78 Å². The largest absolute Gasteiger partial charge is 0.475 e. The van der Waals surface area contributed by atoms with Crippen LogP contribution in [0.4, 0.5) is 19.0 Å². The summed E-state index contributed by atoms with van der Waals surface area (Å²) >= 11 is 0. The predicted octanol–water partition coefficient (Wildman–Crippen LogP) is 4.76. The Hall–Kier alpha value is -4.14. The minimum atomic E-state index is -0.905. The normalized spacial score (nSPS) is 28.5. The molecule has 4 saturated heterocycles. The lowest BCUT2D eigenvalue weighted by atomic mass is 9.95. The summed E-state index contributed by atoms with van der Waals surface area (Å²) in [6.45, 7) is 2.43. The third-order valence-corrected chi connectivity index (χ3v) is 10.6. The molecule has 0 aliphatic carbocycles. The maximum absolute atomic E-state index is 16.9. The number of nitrogens with zero attached hydrogens (tertiary/aromatic N) is 5. The fourth-order valence-electron chi connectivity index (χ4n) is 8.50. The van der Waals surface area contributed by atoms with Gasteiger partial charge in [0.25, 0.3) is 0 Å². The summed E-state index contributed by atoms with van der Waals surface area (Å²) in [5, 5.41) is 5.10. The third kappa shape index (κ3) is 4.04. The number of alkyl halides is 1. The van der Waals surface area contributed by atoms with Crippen molar-refractivity contribution in [3.63, 3.8) is 0 Å². The maximum Gasteiger partial charge on any atom is 0.319 e. The molecule has 1 N–H and O–H groups in total. The number of anilines is 1. The number of aromatic nitrogens is 3. The Morgan fingerprint density at radius 2 is 2.02 bits per heavy atom. The summed E-state index contributed by atoms with van der Waals surface area (Å²) in [4.78, 5) is 18.6. The van der Waals surface area contributed by atoms with Crippen molar-refractivity contribution in [3.05, 3.63) is 47.5 Å². The lowest BCUT2D eigenvalue weighted by Gasteiger charge is -2.40. The fourth-order valence-corrected chi connectivity index (χ4v) is 8.50. The molecule has 0 radical (unpaired) electrons. The molecule has 11 heteroatoms. The number of rotatable bonds is 4. The van der Waals surface area contributed by atoms with E-state index in [2.05, 4.69) is 26.0 Å². The van der Waals surface area contributed by atoms with Gasteiger partial charge in [0.15, 0.2) is 5.82 Å². The lowest BCUT2D eigenvalue weighted by Crippen LogP contribution is -2.60. The Morgan fingerprint density at radius 3 is 2.91 bits per heavy atom. The molecule has 5 aliphatic heterocycles. The van der Waals surface area contributed by atoms with Crippen molar-refractivity contribution in [1.29, 1.82) is 0 Å². The van der Waals surface area contributed by atoms with Crippen molar-refractivity contribution in [1.82, 2.24) is 25.2 Å². The molecule has 7 heterocycles. The van der Waals surface area contributed by atoms with Gasteiger partial charge < -0.3 is 19.7 Å². The van der Waals surface area contributed by atoms with E-state index in [4.69, 9.17) is 25.9 Å². The van der Waals surface area contributed by atoms with Gasteiger partial charge >= 0.3 is 6.01 Å². The highest BCUT2D eigenvalue weighted by Gasteiger charge is 2.50. The van der Waals surface area contributed by atoms with Crippen LogP contribution >= 0.6 is 0 Å². The van der Waals surface area contributed by atoms with Crippen LogP contribution in [0.3, 0.4) is 0 Å². The molecule has 0 amide bonds. The summed E-state index contributed by atoms with van der Waals surface area (Å²) < 4.78 is 59.0. The molecule has 5 atom stereocenters. The summed E-state index contributed by atoms with van der Waals surface area (Å²) in [7, 11) is 0. The first-order valence-electron chi connectivity index (χ1n) is 15.7. The van der Waals surface area contributed by atoms with Crippen LogP contribution in [0.25, 0.3) is 32.9 Å². The fraction of sp³-hybridized carbons (Fsp3) is 0.441. The average molecular weight is 613 g/mol. The van der Waals surface area contributed by atoms with Crippen LogP contribution in [0.15, 0.2) is 30.3 Å².